The maximum Gasteiger partial charge on any atom is 0.135 e. The second-order valence-electron chi connectivity index (χ2n) is 2.92. The summed E-state index contributed by atoms with van der Waals surface area (Å²) in [5.41, 5.74) is 5.35. The van der Waals surface area contributed by atoms with Gasteiger partial charge in [0.15, 0.2) is 0 Å². The van der Waals surface area contributed by atoms with E-state index in [2.05, 4.69) is 9.97 Å². The first kappa shape index (κ1) is 9.51. The van der Waals surface area contributed by atoms with Crippen LogP contribution in [-0.2, 0) is 0 Å². The topological polar surface area (TPSA) is 51.8 Å². The van der Waals surface area contributed by atoms with Crippen molar-refractivity contribution in [2.75, 3.05) is 5.73 Å². The van der Waals surface area contributed by atoms with Gasteiger partial charge in [-0.3, -0.25) is 0 Å². The number of hydrogen-bond acceptors (Lipinski definition) is 3. The molecule has 2 N–H and O–H groups in total. The van der Waals surface area contributed by atoms with Gasteiger partial charge in [-0.15, -0.1) is 0 Å². The van der Waals surface area contributed by atoms with Gasteiger partial charge in [0.25, 0.3) is 0 Å². The molecule has 0 aliphatic carbocycles. The molecule has 2 aromatic rings. The van der Waals surface area contributed by atoms with Gasteiger partial charge in [0.2, 0.25) is 0 Å². The zero-order valence-electron chi connectivity index (χ0n) is 7.61. The van der Waals surface area contributed by atoms with Crippen molar-refractivity contribution in [1.82, 2.24) is 9.97 Å². The third-order valence-corrected chi connectivity index (χ3v) is 1.91. The first-order valence-corrected chi connectivity index (χ1v) is 4.20. The molecule has 0 spiro atoms. The number of aromatic nitrogens is 2. The van der Waals surface area contributed by atoms with Gasteiger partial charge in [-0.05, 0) is 12.1 Å². The number of nitrogen functional groups attached to an aromatic ring is 1. The van der Waals surface area contributed by atoms with Gasteiger partial charge >= 0.3 is 0 Å². The molecule has 0 aliphatic heterocycles. The van der Waals surface area contributed by atoms with Crippen molar-refractivity contribution in [2.24, 2.45) is 0 Å². The molecule has 1 aromatic carbocycles. The van der Waals surface area contributed by atoms with Crippen LogP contribution in [0.25, 0.3) is 11.3 Å². The fourth-order valence-electron chi connectivity index (χ4n) is 1.25. The maximum absolute atomic E-state index is 13.3. The van der Waals surface area contributed by atoms with E-state index in [1.54, 1.807) is 0 Å². The van der Waals surface area contributed by atoms with Gasteiger partial charge in [-0.2, -0.15) is 0 Å². The van der Waals surface area contributed by atoms with E-state index in [1.165, 1.54) is 12.1 Å². The Kier molecular flexibility index (Phi) is 2.29. The van der Waals surface area contributed by atoms with Crippen molar-refractivity contribution in [3.8, 4) is 11.3 Å². The molecule has 0 radical (unpaired) electrons. The van der Waals surface area contributed by atoms with Gasteiger partial charge in [-0.25, -0.2) is 18.7 Å². The Bertz CT molecular complexity index is 480. The standard InChI is InChI=1S/C10H7F2N3/c11-6-2-1-3-7(12)10(6)8-4-9(13)15-5-14-8/h1-5H,(H2,13,14,15). The molecule has 0 aliphatic rings. The largest absolute Gasteiger partial charge is 0.384 e. The third kappa shape index (κ3) is 1.76. The molecule has 0 amide bonds. The van der Waals surface area contributed by atoms with E-state index in [-0.39, 0.29) is 17.1 Å². The van der Waals surface area contributed by atoms with Crippen LogP contribution in [0.1, 0.15) is 0 Å². The predicted octanol–water partition coefficient (Wildman–Crippen LogP) is 2.00. The van der Waals surface area contributed by atoms with Crippen LogP contribution in [0.2, 0.25) is 0 Å². The Morgan fingerprint density at radius 3 is 2.33 bits per heavy atom. The number of halogens is 2. The number of anilines is 1. The minimum Gasteiger partial charge on any atom is -0.384 e. The molecule has 0 fully saturated rings. The summed E-state index contributed by atoms with van der Waals surface area (Å²) in [6.07, 6.45) is 1.16. The highest BCUT2D eigenvalue weighted by molar-refractivity contribution is 5.62. The Morgan fingerprint density at radius 2 is 1.73 bits per heavy atom. The molecule has 0 saturated carbocycles. The van der Waals surface area contributed by atoms with Crippen LogP contribution in [0.5, 0.6) is 0 Å². The molecule has 1 aromatic heterocycles. The lowest BCUT2D eigenvalue weighted by Gasteiger charge is -2.03. The lowest BCUT2D eigenvalue weighted by Crippen LogP contribution is -1.96. The third-order valence-electron chi connectivity index (χ3n) is 1.91. The number of rotatable bonds is 1. The first-order chi connectivity index (χ1) is 7.18. The molecular weight excluding hydrogens is 200 g/mol. The highest BCUT2D eigenvalue weighted by Crippen LogP contribution is 2.24. The van der Waals surface area contributed by atoms with Gasteiger partial charge in [0.1, 0.15) is 23.8 Å². The van der Waals surface area contributed by atoms with Gasteiger partial charge in [0, 0.05) is 6.07 Å². The van der Waals surface area contributed by atoms with Crippen LogP contribution in [0.3, 0.4) is 0 Å². The summed E-state index contributed by atoms with van der Waals surface area (Å²) in [6, 6.07) is 4.94. The number of nitrogens with zero attached hydrogens (tertiary/aromatic N) is 2. The SMILES string of the molecule is Nc1cc(-c2c(F)cccc2F)ncn1. The molecule has 2 rings (SSSR count). The second kappa shape index (κ2) is 3.61. The van der Waals surface area contributed by atoms with E-state index in [0.29, 0.717) is 0 Å². The van der Waals surface area contributed by atoms with E-state index >= 15 is 0 Å². The molecule has 0 bridgehead atoms. The second-order valence-corrected chi connectivity index (χ2v) is 2.92. The number of benzene rings is 1. The molecule has 1 heterocycles. The van der Waals surface area contributed by atoms with Crippen LogP contribution in [0.4, 0.5) is 14.6 Å². The molecular formula is C10H7F2N3. The maximum atomic E-state index is 13.3. The van der Waals surface area contributed by atoms with Crippen LogP contribution in [0.15, 0.2) is 30.6 Å². The summed E-state index contributed by atoms with van der Waals surface area (Å²) in [4.78, 5) is 7.41. The van der Waals surface area contributed by atoms with E-state index in [4.69, 9.17) is 5.73 Å². The lowest BCUT2D eigenvalue weighted by atomic mass is 10.1. The van der Waals surface area contributed by atoms with Crippen molar-refractivity contribution in [3.63, 3.8) is 0 Å². The smallest absolute Gasteiger partial charge is 0.135 e. The summed E-state index contributed by atoms with van der Waals surface area (Å²) in [5, 5.41) is 0. The highest BCUT2D eigenvalue weighted by atomic mass is 19.1. The molecule has 0 unspecified atom stereocenters. The van der Waals surface area contributed by atoms with Crippen LogP contribution < -0.4 is 5.73 Å². The minimum atomic E-state index is -0.673. The highest BCUT2D eigenvalue weighted by Gasteiger charge is 2.12. The molecule has 15 heavy (non-hydrogen) atoms. The summed E-state index contributed by atoms with van der Waals surface area (Å²) in [6.45, 7) is 0. The zero-order valence-corrected chi connectivity index (χ0v) is 7.61. The number of nitrogens with two attached hydrogens (primary N) is 1. The van der Waals surface area contributed by atoms with Crippen LogP contribution in [0, 0.1) is 11.6 Å². The van der Waals surface area contributed by atoms with Crippen LogP contribution >= 0.6 is 0 Å². The Morgan fingerprint density at radius 1 is 1.07 bits per heavy atom. The van der Waals surface area contributed by atoms with E-state index < -0.39 is 11.6 Å². The van der Waals surface area contributed by atoms with Crippen LogP contribution in [-0.4, -0.2) is 9.97 Å². The van der Waals surface area contributed by atoms with Crippen molar-refractivity contribution >= 4 is 5.82 Å². The molecule has 3 nitrogen and oxygen atoms in total. The average molecular weight is 207 g/mol. The average Bonchev–Trinajstić information content (AvgIpc) is 2.17. The van der Waals surface area contributed by atoms with Crippen molar-refractivity contribution < 1.29 is 8.78 Å². The zero-order chi connectivity index (χ0) is 10.8. The summed E-state index contributed by atoms with van der Waals surface area (Å²) >= 11 is 0. The van der Waals surface area contributed by atoms with Gasteiger partial charge in [-0.1, -0.05) is 6.07 Å². The first-order valence-electron chi connectivity index (χ1n) is 4.20. The molecule has 0 atom stereocenters. The molecule has 5 heteroatoms. The monoisotopic (exact) mass is 207 g/mol. The Labute approximate surface area is 84.6 Å². The Hall–Kier alpha value is -2.04. The van der Waals surface area contributed by atoms with E-state index in [1.807, 2.05) is 0 Å². The van der Waals surface area contributed by atoms with Crippen molar-refractivity contribution in [3.05, 3.63) is 42.2 Å². The molecule has 0 saturated heterocycles. The fourth-order valence-corrected chi connectivity index (χ4v) is 1.25. The fraction of sp³-hybridized carbons (Fsp3) is 0. The normalized spacial score (nSPS) is 10.3. The van der Waals surface area contributed by atoms with Gasteiger partial charge < -0.3 is 5.73 Å². The summed E-state index contributed by atoms with van der Waals surface area (Å²) in [5.74, 6) is -1.18. The Balaban J connectivity index is 2.63. The van der Waals surface area contributed by atoms with Crippen molar-refractivity contribution in [1.29, 1.82) is 0 Å². The summed E-state index contributed by atoms with van der Waals surface area (Å²) in [7, 11) is 0. The quantitative estimate of drug-likeness (QED) is 0.778. The number of hydrogen-bond donors (Lipinski definition) is 1. The minimum absolute atomic E-state index is 0.137. The van der Waals surface area contributed by atoms with Crippen molar-refractivity contribution in [2.45, 2.75) is 0 Å². The van der Waals surface area contributed by atoms with E-state index in [0.717, 1.165) is 18.5 Å². The van der Waals surface area contributed by atoms with Gasteiger partial charge in [0.05, 0.1) is 11.3 Å². The van der Waals surface area contributed by atoms with E-state index in [9.17, 15) is 8.78 Å². The lowest BCUT2D eigenvalue weighted by molar-refractivity contribution is 0.588. The summed E-state index contributed by atoms with van der Waals surface area (Å²) < 4.78 is 26.7. The predicted molar refractivity (Wildman–Crippen MR) is 51.8 cm³/mol. The molecule has 76 valence electrons.